The van der Waals surface area contributed by atoms with Gasteiger partial charge in [0.2, 0.25) is 0 Å². The third-order valence-electron chi connectivity index (χ3n) is 4.24. The van der Waals surface area contributed by atoms with Crippen LogP contribution in [0.25, 0.3) is 0 Å². The maximum Gasteiger partial charge on any atom is 0.252 e. The predicted molar refractivity (Wildman–Crippen MR) is 78.4 cm³/mol. The van der Waals surface area contributed by atoms with Gasteiger partial charge in [0.15, 0.2) is 0 Å². The third kappa shape index (κ3) is 2.53. The fourth-order valence-corrected chi connectivity index (χ4v) is 5.92. The average Bonchev–Trinajstić information content (AvgIpc) is 3.03. The van der Waals surface area contributed by atoms with E-state index >= 15 is 0 Å². The largest absolute Gasteiger partial charge is 0.383 e. The highest BCUT2D eigenvalue weighted by atomic mass is 32.2. The molecular formula is C13H20N2O3S2. The minimum absolute atomic E-state index is 0.179. The number of ether oxygens (including phenoxy) is 1. The van der Waals surface area contributed by atoms with E-state index in [-0.39, 0.29) is 5.41 Å². The van der Waals surface area contributed by atoms with E-state index in [0.717, 1.165) is 32.7 Å². The summed E-state index contributed by atoms with van der Waals surface area (Å²) in [6.45, 7) is 5.06. The van der Waals surface area contributed by atoms with Crippen LogP contribution in [0.5, 0.6) is 0 Å². The van der Waals surface area contributed by atoms with Crippen LogP contribution in [0.2, 0.25) is 0 Å². The molecule has 3 rings (SSSR count). The lowest BCUT2D eigenvalue weighted by Crippen LogP contribution is -2.59. The second-order valence-corrected chi connectivity index (χ2v) is 8.84. The lowest BCUT2D eigenvalue weighted by atomic mass is 9.81. The normalized spacial score (nSPS) is 23.2. The van der Waals surface area contributed by atoms with Crippen LogP contribution in [0.1, 0.15) is 6.42 Å². The minimum Gasteiger partial charge on any atom is -0.383 e. The zero-order chi connectivity index (χ0) is 14.2. The molecule has 20 heavy (non-hydrogen) atoms. The quantitative estimate of drug-likeness (QED) is 0.816. The van der Waals surface area contributed by atoms with Crippen molar-refractivity contribution in [1.29, 1.82) is 0 Å². The number of methoxy groups -OCH3 is 1. The van der Waals surface area contributed by atoms with Crippen molar-refractivity contribution < 1.29 is 13.2 Å². The van der Waals surface area contributed by atoms with Crippen LogP contribution in [-0.2, 0) is 14.8 Å². The Kier molecular flexibility index (Phi) is 3.89. The van der Waals surface area contributed by atoms with E-state index in [1.54, 1.807) is 23.5 Å². The molecule has 7 heteroatoms. The number of rotatable bonds is 5. The lowest BCUT2D eigenvalue weighted by Gasteiger charge is -2.46. The molecule has 0 bridgehead atoms. The first-order chi connectivity index (χ1) is 9.56. The summed E-state index contributed by atoms with van der Waals surface area (Å²) in [6, 6.07) is 3.47. The molecule has 0 unspecified atom stereocenters. The van der Waals surface area contributed by atoms with Crippen LogP contribution < -0.4 is 0 Å². The summed E-state index contributed by atoms with van der Waals surface area (Å²) < 4.78 is 31.9. The molecule has 2 aliphatic heterocycles. The summed E-state index contributed by atoms with van der Waals surface area (Å²) in [5.74, 6) is 0. The van der Waals surface area contributed by atoms with Gasteiger partial charge in [-0.25, -0.2) is 8.42 Å². The second kappa shape index (κ2) is 5.38. The van der Waals surface area contributed by atoms with E-state index < -0.39 is 10.0 Å². The Hall–Kier alpha value is -0.470. The monoisotopic (exact) mass is 316 g/mol. The van der Waals surface area contributed by atoms with Gasteiger partial charge < -0.3 is 9.64 Å². The zero-order valence-corrected chi connectivity index (χ0v) is 13.3. The van der Waals surface area contributed by atoms with Crippen molar-refractivity contribution in [3.05, 3.63) is 17.5 Å². The fourth-order valence-electron chi connectivity index (χ4n) is 3.11. The molecule has 0 aliphatic carbocycles. The Morgan fingerprint density at radius 3 is 2.85 bits per heavy atom. The summed E-state index contributed by atoms with van der Waals surface area (Å²) in [7, 11) is -1.54. The van der Waals surface area contributed by atoms with Gasteiger partial charge in [-0.3, -0.25) is 0 Å². The predicted octanol–water partition coefficient (Wildman–Crippen LogP) is 1.09. The summed E-state index contributed by atoms with van der Waals surface area (Å²) >= 11 is 1.29. The first kappa shape index (κ1) is 14.5. The van der Waals surface area contributed by atoms with Crippen LogP contribution in [0, 0.1) is 5.41 Å². The van der Waals surface area contributed by atoms with Crippen molar-refractivity contribution in [3.8, 4) is 0 Å². The van der Waals surface area contributed by atoms with Crippen LogP contribution in [0.4, 0.5) is 0 Å². The highest BCUT2D eigenvalue weighted by molar-refractivity contribution is 7.91. The average molecular weight is 316 g/mol. The van der Waals surface area contributed by atoms with Crippen molar-refractivity contribution in [2.75, 3.05) is 46.4 Å². The number of nitrogens with zero attached hydrogens (tertiary/aromatic N) is 2. The molecule has 2 fully saturated rings. The molecule has 0 aromatic carbocycles. The molecule has 0 radical (unpaired) electrons. The SMILES string of the molecule is COCCN1CCC2(C1)CN(S(=O)(=O)c1cccs1)C2. The highest BCUT2D eigenvalue weighted by Crippen LogP contribution is 2.42. The summed E-state index contributed by atoms with van der Waals surface area (Å²) in [5, 5.41) is 1.81. The van der Waals surface area contributed by atoms with E-state index in [9.17, 15) is 8.42 Å². The maximum absolute atomic E-state index is 12.4. The molecule has 0 saturated carbocycles. The second-order valence-electron chi connectivity index (χ2n) is 5.72. The van der Waals surface area contributed by atoms with E-state index in [4.69, 9.17) is 4.74 Å². The lowest BCUT2D eigenvalue weighted by molar-refractivity contribution is 0.0728. The molecular weight excluding hydrogens is 296 g/mol. The van der Waals surface area contributed by atoms with Crippen molar-refractivity contribution in [2.45, 2.75) is 10.6 Å². The minimum atomic E-state index is -3.25. The number of hydrogen-bond donors (Lipinski definition) is 0. The van der Waals surface area contributed by atoms with E-state index in [0.29, 0.717) is 17.3 Å². The maximum atomic E-state index is 12.4. The van der Waals surface area contributed by atoms with Gasteiger partial charge in [-0.15, -0.1) is 11.3 Å². The summed E-state index contributed by atoms with van der Waals surface area (Å²) in [5.41, 5.74) is 0.179. The van der Waals surface area contributed by atoms with Gasteiger partial charge >= 0.3 is 0 Å². The van der Waals surface area contributed by atoms with Crippen LogP contribution in [0.15, 0.2) is 21.7 Å². The summed E-state index contributed by atoms with van der Waals surface area (Å²) in [4.78, 5) is 2.37. The molecule has 5 nitrogen and oxygen atoms in total. The number of sulfonamides is 1. The highest BCUT2D eigenvalue weighted by Gasteiger charge is 2.51. The Morgan fingerprint density at radius 1 is 1.40 bits per heavy atom. The molecule has 1 spiro atoms. The van der Waals surface area contributed by atoms with E-state index in [2.05, 4.69) is 4.90 Å². The Labute approximate surface area is 124 Å². The van der Waals surface area contributed by atoms with Gasteiger partial charge in [-0.2, -0.15) is 4.31 Å². The molecule has 1 aromatic heterocycles. The van der Waals surface area contributed by atoms with Crippen molar-refractivity contribution in [2.24, 2.45) is 5.41 Å². The van der Waals surface area contributed by atoms with Crippen molar-refractivity contribution >= 4 is 21.4 Å². The molecule has 1 aromatic rings. The molecule has 0 amide bonds. The first-order valence-corrected chi connectivity index (χ1v) is 9.13. The number of hydrogen-bond acceptors (Lipinski definition) is 5. The van der Waals surface area contributed by atoms with Crippen molar-refractivity contribution in [3.63, 3.8) is 0 Å². The van der Waals surface area contributed by atoms with Gasteiger partial charge in [0.05, 0.1) is 6.61 Å². The van der Waals surface area contributed by atoms with Crippen molar-refractivity contribution in [1.82, 2.24) is 9.21 Å². The Bertz CT molecular complexity index is 550. The zero-order valence-electron chi connectivity index (χ0n) is 11.6. The van der Waals surface area contributed by atoms with Crippen LogP contribution in [0.3, 0.4) is 0 Å². The van der Waals surface area contributed by atoms with Gasteiger partial charge in [0.1, 0.15) is 4.21 Å². The Balaban J connectivity index is 1.59. The smallest absolute Gasteiger partial charge is 0.252 e. The first-order valence-electron chi connectivity index (χ1n) is 6.81. The standard InChI is InChI=1S/C13H20N2O3S2/c1-18-7-6-14-5-4-13(9-14)10-15(11-13)20(16,17)12-3-2-8-19-12/h2-3,8H,4-7,9-11H2,1H3. The van der Waals surface area contributed by atoms with Crippen LogP contribution >= 0.6 is 11.3 Å². The molecule has 2 saturated heterocycles. The molecule has 3 heterocycles. The van der Waals surface area contributed by atoms with Gasteiger partial charge in [-0.05, 0) is 24.4 Å². The van der Waals surface area contributed by atoms with Crippen LogP contribution in [-0.4, -0.2) is 64.1 Å². The summed E-state index contributed by atoms with van der Waals surface area (Å²) in [6.07, 6.45) is 1.09. The Morgan fingerprint density at radius 2 is 2.20 bits per heavy atom. The molecule has 2 aliphatic rings. The molecule has 0 atom stereocenters. The number of thiophene rings is 1. The van der Waals surface area contributed by atoms with E-state index in [1.165, 1.54) is 11.3 Å². The van der Waals surface area contributed by atoms with Gasteiger partial charge in [0, 0.05) is 38.7 Å². The fraction of sp³-hybridized carbons (Fsp3) is 0.692. The van der Waals surface area contributed by atoms with E-state index in [1.807, 2.05) is 5.38 Å². The molecule has 112 valence electrons. The van der Waals surface area contributed by atoms with Gasteiger partial charge in [-0.1, -0.05) is 6.07 Å². The van der Waals surface area contributed by atoms with Gasteiger partial charge in [0.25, 0.3) is 10.0 Å². The molecule has 0 N–H and O–H groups in total. The third-order valence-corrected chi connectivity index (χ3v) is 7.41. The number of likely N-dealkylation sites (tertiary alicyclic amines) is 1. The topological polar surface area (TPSA) is 49.9 Å².